The highest BCUT2D eigenvalue weighted by Gasteiger charge is 2.60. The van der Waals surface area contributed by atoms with Gasteiger partial charge < -0.3 is 20.2 Å². The summed E-state index contributed by atoms with van der Waals surface area (Å²) in [4.78, 5) is 56.1. The number of ketones is 1. The van der Waals surface area contributed by atoms with Crippen molar-refractivity contribution >= 4 is 35.3 Å². The van der Waals surface area contributed by atoms with Crippen LogP contribution in [-0.4, -0.2) is 101 Å². The summed E-state index contributed by atoms with van der Waals surface area (Å²) in [5.41, 5.74) is 0.0849. The molecule has 2 unspecified atom stereocenters. The summed E-state index contributed by atoms with van der Waals surface area (Å²) < 4.78 is 0. The van der Waals surface area contributed by atoms with Gasteiger partial charge in [-0.3, -0.25) is 19.3 Å². The van der Waals surface area contributed by atoms with Crippen molar-refractivity contribution in [2.24, 2.45) is 17.8 Å². The average molecular weight is 493 g/mol. The SMILES string of the molecule is C[C@@H](CC(=O)CN1CCCC1)[C@H]1C(=O)N2C(C(=O)O)=C(SC3CNC(C(=O)N(C)C)C3)[C@H](C)[C@H]12. The molecule has 3 saturated heterocycles. The second-order valence-corrected chi connectivity index (χ2v) is 11.7. The number of hydrogen-bond acceptors (Lipinski definition) is 7. The zero-order chi connectivity index (χ0) is 24.7. The van der Waals surface area contributed by atoms with Crippen molar-refractivity contribution in [3.8, 4) is 0 Å². The van der Waals surface area contributed by atoms with Crippen LogP contribution in [0.2, 0.25) is 0 Å². The summed E-state index contributed by atoms with van der Waals surface area (Å²) in [5, 5.41) is 13.3. The van der Waals surface area contributed by atoms with Gasteiger partial charge in [0.1, 0.15) is 11.5 Å². The van der Waals surface area contributed by atoms with Crippen LogP contribution in [-0.2, 0) is 19.2 Å². The molecule has 6 atom stereocenters. The number of hydrogen-bond donors (Lipinski definition) is 2. The van der Waals surface area contributed by atoms with Crippen LogP contribution in [0.25, 0.3) is 0 Å². The van der Waals surface area contributed by atoms with Gasteiger partial charge in [0.25, 0.3) is 0 Å². The van der Waals surface area contributed by atoms with Crippen LogP contribution in [0.4, 0.5) is 0 Å². The fourth-order valence-electron chi connectivity index (χ4n) is 5.98. The van der Waals surface area contributed by atoms with Gasteiger partial charge in [0.2, 0.25) is 11.8 Å². The van der Waals surface area contributed by atoms with E-state index in [1.807, 2.05) is 13.8 Å². The van der Waals surface area contributed by atoms with Crippen LogP contribution in [0.1, 0.15) is 39.5 Å². The normalized spacial score (nSPS) is 32.1. The number of β-lactam (4-membered cyclic amide) rings is 1. The van der Waals surface area contributed by atoms with E-state index in [9.17, 15) is 24.3 Å². The molecule has 0 spiro atoms. The minimum atomic E-state index is -1.09. The lowest BCUT2D eigenvalue weighted by molar-refractivity contribution is -0.160. The molecule has 2 N–H and O–H groups in total. The van der Waals surface area contributed by atoms with Crippen molar-refractivity contribution in [2.45, 2.75) is 56.9 Å². The van der Waals surface area contributed by atoms with Gasteiger partial charge in [-0.2, -0.15) is 0 Å². The van der Waals surface area contributed by atoms with E-state index in [-0.39, 0.29) is 58.4 Å². The fraction of sp³-hybridized carbons (Fsp3) is 0.750. The number of carboxylic acid groups (broad SMARTS) is 1. The highest BCUT2D eigenvalue weighted by Crippen LogP contribution is 2.53. The standard InChI is InChI=1S/C24H36N4O5S/c1-13(9-15(29)12-27-7-5-6-8-27)18-19-14(2)21(20(24(32)33)28(19)23(18)31)34-16-10-17(25-11-16)22(30)26(3)4/h13-14,16-19,25H,5-12H2,1-4H3,(H,32,33)/t13-,14+,16?,17?,18+,19+/m0/s1. The number of amides is 2. The number of nitrogens with zero attached hydrogens (tertiary/aromatic N) is 3. The number of likely N-dealkylation sites (tertiary alicyclic amines) is 1. The first-order chi connectivity index (χ1) is 16.1. The molecule has 4 rings (SSSR count). The van der Waals surface area contributed by atoms with Crippen LogP contribution in [0.5, 0.6) is 0 Å². The summed E-state index contributed by atoms with van der Waals surface area (Å²) >= 11 is 1.49. The van der Waals surface area contributed by atoms with Gasteiger partial charge in [0.05, 0.1) is 24.5 Å². The number of carbonyl (C=O) groups is 4. The maximum Gasteiger partial charge on any atom is 0.353 e. The Labute approximate surface area is 205 Å². The van der Waals surface area contributed by atoms with Crippen molar-refractivity contribution in [1.29, 1.82) is 0 Å². The molecule has 4 aliphatic rings. The van der Waals surface area contributed by atoms with Crippen LogP contribution in [0.15, 0.2) is 10.6 Å². The van der Waals surface area contributed by atoms with E-state index in [2.05, 4.69) is 10.2 Å². The molecule has 188 valence electrons. The van der Waals surface area contributed by atoms with Gasteiger partial charge in [-0.15, -0.1) is 11.8 Å². The van der Waals surface area contributed by atoms with E-state index in [4.69, 9.17) is 0 Å². The highest BCUT2D eigenvalue weighted by atomic mass is 32.2. The van der Waals surface area contributed by atoms with E-state index in [1.54, 1.807) is 19.0 Å². The van der Waals surface area contributed by atoms with E-state index >= 15 is 0 Å². The van der Waals surface area contributed by atoms with Gasteiger partial charge in [0.15, 0.2) is 0 Å². The molecule has 0 aromatic carbocycles. The molecule has 0 aromatic rings. The first-order valence-electron chi connectivity index (χ1n) is 12.3. The van der Waals surface area contributed by atoms with Crippen LogP contribution in [0, 0.1) is 17.8 Å². The molecule has 9 nitrogen and oxygen atoms in total. The summed E-state index contributed by atoms with van der Waals surface area (Å²) in [6, 6.07) is -0.490. The van der Waals surface area contributed by atoms with Crippen molar-refractivity contribution in [3.05, 3.63) is 10.6 Å². The summed E-state index contributed by atoms with van der Waals surface area (Å²) in [6.45, 7) is 6.90. The number of carboxylic acids is 1. The lowest BCUT2D eigenvalue weighted by atomic mass is 9.73. The quantitative estimate of drug-likeness (QED) is 0.459. The highest BCUT2D eigenvalue weighted by molar-refractivity contribution is 8.03. The zero-order valence-electron chi connectivity index (χ0n) is 20.5. The molecule has 10 heteroatoms. The van der Waals surface area contributed by atoms with Crippen molar-refractivity contribution in [2.75, 3.05) is 40.3 Å². The molecule has 4 aliphatic heterocycles. The summed E-state index contributed by atoms with van der Waals surface area (Å²) in [6.07, 6.45) is 3.22. The third-order valence-corrected chi connectivity index (χ3v) is 9.19. The minimum absolute atomic E-state index is 0.0153. The number of nitrogens with one attached hydrogen (secondary N) is 1. The summed E-state index contributed by atoms with van der Waals surface area (Å²) in [5.74, 6) is -1.68. The Hall–Kier alpha value is -1.91. The smallest absolute Gasteiger partial charge is 0.353 e. The first kappa shape index (κ1) is 25.2. The Balaban J connectivity index is 1.42. The topological polar surface area (TPSA) is 110 Å². The van der Waals surface area contributed by atoms with E-state index in [0.29, 0.717) is 30.8 Å². The molecule has 2 amide bonds. The molecule has 4 heterocycles. The fourth-order valence-corrected chi connectivity index (χ4v) is 7.46. The van der Waals surface area contributed by atoms with Crippen LogP contribution >= 0.6 is 11.8 Å². The molecule has 34 heavy (non-hydrogen) atoms. The Morgan fingerprint density at radius 3 is 2.53 bits per heavy atom. The largest absolute Gasteiger partial charge is 0.477 e. The predicted octanol–water partition coefficient (Wildman–Crippen LogP) is 1.00. The predicted molar refractivity (Wildman–Crippen MR) is 129 cm³/mol. The summed E-state index contributed by atoms with van der Waals surface area (Å²) in [7, 11) is 3.45. The molecule has 0 aliphatic carbocycles. The Morgan fingerprint density at radius 1 is 1.24 bits per heavy atom. The number of Topliss-reactive ketones (excluding diaryl/α,β-unsaturated/α-hetero) is 1. The lowest BCUT2D eigenvalue weighted by Gasteiger charge is -2.47. The number of thioether (sulfide) groups is 1. The van der Waals surface area contributed by atoms with Gasteiger partial charge in [-0.05, 0) is 38.3 Å². The van der Waals surface area contributed by atoms with Crippen LogP contribution in [0.3, 0.4) is 0 Å². The molecule has 0 saturated carbocycles. The second kappa shape index (κ2) is 9.99. The number of likely N-dealkylation sites (N-methyl/N-ethyl adjacent to an activating group) is 1. The molecule has 0 radical (unpaired) electrons. The maximum absolute atomic E-state index is 13.1. The van der Waals surface area contributed by atoms with Gasteiger partial charge >= 0.3 is 5.97 Å². The third-order valence-electron chi connectivity index (χ3n) is 7.68. The molecular weight excluding hydrogens is 456 g/mol. The Bertz CT molecular complexity index is 900. The number of fused-ring (bicyclic) bond motifs is 1. The first-order valence-corrected chi connectivity index (χ1v) is 13.1. The second-order valence-electron chi connectivity index (χ2n) is 10.4. The lowest BCUT2D eigenvalue weighted by Crippen LogP contribution is -2.62. The number of rotatable bonds is 9. The van der Waals surface area contributed by atoms with Gasteiger partial charge in [-0.25, -0.2) is 4.79 Å². The van der Waals surface area contributed by atoms with Crippen molar-refractivity contribution in [3.63, 3.8) is 0 Å². The Morgan fingerprint density at radius 2 is 1.91 bits per heavy atom. The van der Waals surface area contributed by atoms with E-state index in [1.165, 1.54) is 16.7 Å². The molecule has 3 fully saturated rings. The van der Waals surface area contributed by atoms with Crippen LogP contribution < -0.4 is 5.32 Å². The van der Waals surface area contributed by atoms with E-state index < -0.39 is 5.97 Å². The Kier molecular flexibility index (Phi) is 7.40. The minimum Gasteiger partial charge on any atom is -0.477 e. The van der Waals surface area contributed by atoms with Gasteiger partial charge in [-0.1, -0.05) is 13.8 Å². The molecule has 0 bridgehead atoms. The van der Waals surface area contributed by atoms with Crippen molar-refractivity contribution < 1.29 is 24.3 Å². The molecular formula is C24H36N4O5S. The van der Waals surface area contributed by atoms with Crippen molar-refractivity contribution in [1.82, 2.24) is 20.0 Å². The van der Waals surface area contributed by atoms with Gasteiger partial charge in [0, 0.05) is 43.1 Å². The zero-order valence-corrected chi connectivity index (χ0v) is 21.3. The average Bonchev–Trinajstić information content (AvgIpc) is 3.48. The monoisotopic (exact) mass is 492 g/mol. The van der Waals surface area contributed by atoms with E-state index in [0.717, 1.165) is 25.9 Å². The molecule has 0 aromatic heterocycles. The number of aliphatic carboxylic acids is 1. The third kappa shape index (κ3) is 4.64. The maximum atomic E-state index is 13.1. The number of carbonyl (C=O) groups excluding carboxylic acids is 3.